The number of rotatable bonds is 9. The third-order valence-corrected chi connectivity index (χ3v) is 8.20. The quantitative estimate of drug-likeness (QED) is 0.106. The van der Waals surface area contributed by atoms with Crippen molar-refractivity contribution in [1.29, 1.82) is 0 Å². The van der Waals surface area contributed by atoms with Crippen LogP contribution in [0.15, 0.2) is 144 Å². The van der Waals surface area contributed by atoms with Crippen molar-refractivity contribution in [2.24, 2.45) is 0 Å². The Labute approximate surface area is 264 Å². The number of nitrogens with one attached hydrogen (secondary N) is 2. The lowest BCUT2D eigenvalue weighted by molar-refractivity contribution is -0.113. The Kier molecular flexibility index (Phi) is 8.66. The summed E-state index contributed by atoms with van der Waals surface area (Å²) < 4.78 is 0. The van der Waals surface area contributed by atoms with Gasteiger partial charge in [0.25, 0.3) is 23.6 Å². The number of amides is 4. The van der Waals surface area contributed by atoms with E-state index in [4.69, 9.17) is 0 Å². The van der Waals surface area contributed by atoms with Gasteiger partial charge < -0.3 is 10.6 Å². The third-order valence-electron chi connectivity index (χ3n) is 7.21. The Morgan fingerprint density at radius 1 is 0.644 bits per heavy atom. The van der Waals surface area contributed by atoms with Gasteiger partial charge in [0.2, 0.25) is 0 Å². The molecule has 8 heteroatoms. The summed E-state index contributed by atoms with van der Waals surface area (Å²) in [6, 6.07) is 40.2. The van der Waals surface area contributed by atoms with Gasteiger partial charge in [-0.05, 0) is 71.3 Å². The van der Waals surface area contributed by atoms with E-state index in [1.165, 1.54) is 16.7 Å². The molecule has 7 nitrogen and oxygen atoms in total. The molecule has 0 bridgehead atoms. The van der Waals surface area contributed by atoms with Gasteiger partial charge in [-0.15, -0.1) is 11.8 Å². The fraction of sp³-hybridized carbons (Fsp3) is 0.0270. The molecule has 0 atom stereocenters. The maximum atomic E-state index is 13.5. The van der Waals surface area contributed by atoms with Gasteiger partial charge in [-0.1, -0.05) is 84.9 Å². The summed E-state index contributed by atoms with van der Waals surface area (Å²) in [5, 5.41) is 5.62. The highest BCUT2D eigenvalue weighted by molar-refractivity contribution is 7.99. The number of imide groups is 1. The van der Waals surface area contributed by atoms with Crippen LogP contribution in [0.3, 0.4) is 0 Å². The molecule has 0 unspecified atom stereocenters. The molecule has 0 saturated carbocycles. The van der Waals surface area contributed by atoms with E-state index in [2.05, 4.69) is 10.6 Å². The molecule has 5 aromatic carbocycles. The number of nitrogens with zero attached hydrogens (tertiary/aromatic N) is 1. The van der Waals surface area contributed by atoms with Crippen molar-refractivity contribution in [2.75, 3.05) is 11.2 Å². The van der Waals surface area contributed by atoms with Crippen LogP contribution >= 0.6 is 11.8 Å². The number of carbonyl (C=O) groups excluding carboxylic acids is 4. The van der Waals surface area contributed by atoms with Crippen LogP contribution in [-0.4, -0.2) is 34.4 Å². The van der Waals surface area contributed by atoms with Crippen molar-refractivity contribution in [3.63, 3.8) is 0 Å². The van der Waals surface area contributed by atoms with Gasteiger partial charge in [-0.25, -0.2) is 0 Å². The van der Waals surface area contributed by atoms with Crippen molar-refractivity contribution in [1.82, 2.24) is 10.2 Å². The van der Waals surface area contributed by atoms with Crippen molar-refractivity contribution < 1.29 is 19.2 Å². The molecule has 0 aromatic heterocycles. The van der Waals surface area contributed by atoms with Crippen LogP contribution in [0.4, 0.5) is 5.69 Å². The average molecular weight is 610 g/mol. The van der Waals surface area contributed by atoms with E-state index in [0.29, 0.717) is 22.4 Å². The second-order valence-electron chi connectivity index (χ2n) is 10.2. The molecular formula is C37H27N3O4S. The van der Waals surface area contributed by atoms with E-state index < -0.39 is 11.8 Å². The Morgan fingerprint density at radius 2 is 1.20 bits per heavy atom. The van der Waals surface area contributed by atoms with Crippen molar-refractivity contribution in [3.05, 3.63) is 161 Å². The fourth-order valence-electron chi connectivity index (χ4n) is 4.84. The Morgan fingerprint density at radius 3 is 1.82 bits per heavy atom. The molecule has 5 aromatic rings. The number of anilines is 1. The van der Waals surface area contributed by atoms with Crippen LogP contribution in [0.2, 0.25) is 0 Å². The Balaban J connectivity index is 1.15. The van der Waals surface area contributed by atoms with Crippen LogP contribution in [0.1, 0.15) is 36.6 Å². The number of carbonyl (C=O) groups is 4. The van der Waals surface area contributed by atoms with E-state index in [1.54, 1.807) is 78.9 Å². The molecule has 1 aliphatic rings. The second kappa shape index (κ2) is 13.3. The first-order valence-corrected chi connectivity index (χ1v) is 15.2. The first-order valence-electron chi connectivity index (χ1n) is 14.2. The summed E-state index contributed by atoms with van der Waals surface area (Å²) in [7, 11) is 0. The lowest BCUT2D eigenvalue weighted by Crippen LogP contribution is -2.30. The zero-order valence-electron chi connectivity index (χ0n) is 24.0. The van der Waals surface area contributed by atoms with Crippen LogP contribution in [-0.2, 0) is 4.79 Å². The summed E-state index contributed by atoms with van der Waals surface area (Å²) in [6.07, 6.45) is 1.64. The van der Waals surface area contributed by atoms with Crippen molar-refractivity contribution >= 4 is 47.2 Å². The predicted molar refractivity (Wildman–Crippen MR) is 177 cm³/mol. The number of hydrogen-bond acceptors (Lipinski definition) is 5. The Bertz CT molecular complexity index is 1870. The zero-order chi connectivity index (χ0) is 31.2. The van der Waals surface area contributed by atoms with E-state index in [-0.39, 0.29) is 23.4 Å². The Hall–Kier alpha value is -5.73. The minimum absolute atomic E-state index is 0.0837. The van der Waals surface area contributed by atoms with Crippen LogP contribution in [0.5, 0.6) is 0 Å². The average Bonchev–Trinajstić information content (AvgIpc) is 3.33. The van der Waals surface area contributed by atoms with Gasteiger partial charge in [-0.3, -0.25) is 24.1 Å². The molecule has 2 N–H and O–H groups in total. The topological polar surface area (TPSA) is 95.6 Å². The van der Waals surface area contributed by atoms with Crippen molar-refractivity contribution in [2.45, 2.75) is 4.90 Å². The maximum absolute atomic E-state index is 13.5. The number of hydrogen-bond donors (Lipinski definition) is 2. The van der Waals surface area contributed by atoms with Gasteiger partial charge in [0, 0.05) is 16.1 Å². The summed E-state index contributed by atoms with van der Waals surface area (Å²) in [6.45, 7) is 0. The van der Waals surface area contributed by atoms with Gasteiger partial charge in [0.05, 0.1) is 17.0 Å². The molecular weight excluding hydrogens is 582 g/mol. The van der Waals surface area contributed by atoms with Gasteiger partial charge >= 0.3 is 0 Å². The molecule has 220 valence electrons. The standard InChI is InChI=1S/C37H27N3O4S/c41-34(28-11-5-2-6-12-28)39-33(23-25-15-17-27(18-16-25)26-9-3-1-4-10-26)35(42)38-29-19-21-30(22-20-29)45-24-40-36(43)31-13-7-8-14-32(31)37(40)44/h1-23H,24H2,(H,38,42)(H,39,41)/b33-23-. The highest BCUT2D eigenvalue weighted by Gasteiger charge is 2.34. The first-order chi connectivity index (χ1) is 22.0. The summed E-state index contributed by atoms with van der Waals surface area (Å²) in [5.41, 5.74) is 4.71. The lowest BCUT2D eigenvalue weighted by atomic mass is 10.0. The number of thioether (sulfide) groups is 1. The largest absolute Gasteiger partial charge is 0.321 e. The molecule has 0 saturated heterocycles. The summed E-state index contributed by atoms with van der Waals surface area (Å²) >= 11 is 1.34. The molecule has 1 heterocycles. The molecule has 0 aliphatic carbocycles. The monoisotopic (exact) mass is 609 g/mol. The maximum Gasteiger partial charge on any atom is 0.272 e. The highest BCUT2D eigenvalue weighted by atomic mass is 32.2. The van der Waals surface area contributed by atoms with E-state index in [1.807, 2.05) is 60.7 Å². The SMILES string of the molecule is O=C(Nc1ccc(SCN2C(=O)c3ccccc3C2=O)cc1)/C(=C/c1ccc(-c2ccccc2)cc1)NC(=O)c1ccccc1. The third kappa shape index (κ3) is 6.76. The molecule has 6 rings (SSSR count). The van der Waals surface area contributed by atoms with Gasteiger partial charge in [-0.2, -0.15) is 0 Å². The lowest BCUT2D eigenvalue weighted by Gasteiger charge is -2.14. The zero-order valence-corrected chi connectivity index (χ0v) is 24.8. The van der Waals surface area contributed by atoms with Crippen LogP contribution in [0.25, 0.3) is 17.2 Å². The minimum Gasteiger partial charge on any atom is -0.321 e. The van der Waals surface area contributed by atoms with E-state index in [9.17, 15) is 19.2 Å². The van der Waals surface area contributed by atoms with E-state index in [0.717, 1.165) is 21.6 Å². The molecule has 0 radical (unpaired) electrons. The van der Waals surface area contributed by atoms with Gasteiger partial charge in [0.1, 0.15) is 5.70 Å². The molecule has 1 aliphatic heterocycles. The number of fused-ring (bicyclic) bond motifs is 1. The van der Waals surface area contributed by atoms with Crippen molar-refractivity contribution in [3.8, 4) is 11.1 Å². The van der Waals surface area contributed by atoms with Gasteiger partial charge in [0.15, 0.2) is 0 Å². The summed E-state index contributed by atoms with van der Waals surface area (Å²) in [5.74, 6) is -1.34. The summed E-state index contributed by atoms with van der Waals surface area (Å²) in [4.78, 5) is 53.8. The number of benzene rings is 5. The molecule has 0 fully saturated rings. The first kappa shape index (κ1) is 29.3. The van der Waals surface area contributed by atoms with E-state index >= 15 is 0 Å². The normalized spacial score (nSPS) is 12.5. The second-order valence-corrected chi connectivity index (χ2v) is 11.2. The fourth-order valence-corrected chi connectivity index (χ4v) is 5.68. The highest BCUT2D eigenvalue weighted by Crippen LogP contribution is 2.28. The van der Waals surface area contributed by atoms with Crippen LogP contribution in [0, 0.1) is 0 Å². The smallest absolute Gasteiger partial charge is 0.272 e. The molecule has 45 heavy (non-hydrogen) atoms. The minimum atomic E-state index is -0.488. The molecule has 0 spiro atoms. The predicted octanol–water partition coefficient (Wildman–Crippen LogP) is 7.11. The van der Waals surface area contributed by atoms with Crippen LogP contribution < -0.4 is 10.6 Å². The molecule has 4 amide bonds.